The number of quaternary nitrogens is 1. The predicted molar refractivity (Wildman–Crippen MR) is 126 cm³/mol. The van der Waals surface area contributed by atoms with Crippen molar-refractivity contribution in [3.63, 3.8) is 0 Å². The van der Waals surface area contributed by atoms with Crippen LogP contribution in [0, 0.1) is 0 Å². The molecule has 9 heteroatoms. The summed E-state index contributed by atoms with van der Waals surface area (Å²) >= 11 is 0. The number of Topliss-reactive ketones (excluding diaryl/α,β-unsaturated/α-hetero) is 1. The molecule has 1 unspecified atom stereocenters. The fourth-order valence-electron chi connectivity index (χ4n) is 4.41. The van der Waals surface area contributed by atoms with E-state index < -0.39 is 23.5 Å². The van der Waals surface area contributed by atoms with E-state index in [1.54, 1.807) is 36.4 Å². The lowest BCUT2D eigenvalue weighted by atomic mass is 9.94. The number of ketones is 1. The third-order valence-corrected chi connectivity index (χ3v) is 6.13. The van der Waals surface area contributed by atoms with Crippen molar-refractivity contribution in [2.75, 3.05) is 54.6 Å². The van der Waals surface area contributed by atoms with E-state index >= 15 is 0 Å². The first-order valence-electron chi connectivity index (χ1n) is 11.5. The average molecular weight is 483 g/mol. The summed E-state index contributed by atoms with van der Waals surface area (Å²) < 4.78 is 21.9. The van der Waals surface area contributed by atoms with Crippen molar-refractivity contribution in [1.29, 1.82) is 0 Å². The van der Waals surface area contributed by atoms with Gasteiger partial charge in [0.25, 0.3) is 5.91 Å². The van der Waals surface area contributed by atoms with Crippen LogP contribution in [0.25, 0.3) is 5.76 Å². The van der Waals surface area contributed by atoms with Crippen LogP contribution >= 0.6 is 0 Å². The number of fused-ring (bicyclic) bond motifs is 1. The molecule has 2 aromatic carbocycles. The second-order valence-corrected chi connectivity index (χ2v) is 8.76. The van der Waals surface area contributed by atoms with Gasteiger partial charge in [-0.05, 0) is 35.4 Å². The van der Waals surface area contributed by atoms with Crippen LogP contribution < -0.4 is 29.0 Å². The topological polar surface area (TPSA) is 102 Å². The zero-order valence-electron chi connectivity index (χ0n) is 20.4. The molecule has 0 aromatic heterocycles. The summed E-state index contributed by atoms with van der Waals surface area (Å²) in [6.07, 6.45) is 0.677. The lowest BCUT2D eigenvalue weighted by molar-refractivity contribution is -0.858. The van der Waals surface area contributed by atoms with Gasteiger partial charge in [0.2, 0.25) is 5.78 Å². The van der Waals surface area contributed by atoms with E-state index in [0.29, 0.717) is 54.7 Å². The second-order valence-electron chi connectivity index (χ2n) is 8.76. The standard InChI is InChI=1S/C26H30N2O7/c1-27(2)10-5-11-28-23(16-6-8-18(32-3)20(14-16)33-4)22(25(30)26(28)31)24(29)17-7-9-19-21(15-17)35-13-12-34-19/h6-9,14-15,23,29H,5,10-13H2,1-4H3/b24-22+. The van der Waals surface area contributed by atoms with Gasteiger partial charge in [0.1, 0.15) is 13.2 Å². The fourth-order valence-corrected chi connectivity index (χ4v) is 4.41. The van der Waals surface area contributed by atoms with Gasteiger partial charge in [-0.1, -0.05) is 17.9 Å². The number of likely N-dealkylation sites (tertiary alicyclic amines) is 1. The van der Waals surface area contributed by atoms with Gasteiger partial charge in [0.15, 0.2) is 23.0 Å². The third kappa shape index (κ3) is 4.77. The molecular formula is C26H30N2O7. The molecule has 0 bridgehead atoms. The smallest absolute Gasteiger partial charge is 0.295 e. The van der Waals surface area contributed by atoms with Crippen molar-refractivity contribution in [3.8, 4) is 23.0 Å². The Morgan fingerprint density at radius 1 is 1.03 bits per heavy atom. The van der Waals surface area contributed by atoms with Gasteiger partial charge in [-0.2, -0.15) is 0 Å². The number of carbonyl (C=O) groups excluding carboxylic acids is 2. The van der Waals surface area contributed by atoms with Crippen LogP contribution in [0.1, 0.15) is 23.6 Å². The van der Waals surface area contributed by atoms with Crippen molar-refractivity contribution in [1.82, 2.24) is 4.90 Å². The number of ether oxygens (including phenoxy) is 4. The molecule has 0 radical (unpaired) electrons. The Labute approximate surface area is 204 Å². The number of methoxy groups -OCH3 is 2. The first-order chi connectivity index (χ1) is 16.8. The van der Waals surface area contributed by atoms with Crippen molar-refractivity contribution >= 4 is 17.4 Å². The minimum atomic E-state index is -0.840. The average Bonchev–Trinajstić information content (AvgIpc) is 3.12. The van der Waals surface area contributed by atoms with Gasteiger partial charge in [0, 0.05) is 18.5 Å². The number of benzene rings is 2. The van der Waals surface area contributed by atoms with E-state index in [-0.39, 0.29) is 11.1 Å². The Morgan fingerprint density at radius 3 is 2.43 bits per heavy atom. The number of nitrogens with zero attached hydrogens (tertiary/aromatic N) is 1. The summed E-state index contributed by atoms with van der Waals surface area (Å²) in [7, 11) is 7.08. The maximum Gasteiger partial charge on any atom is 0.295 e. The van der Waals surface area contributed by atoms with Crippen LogP contribution in [-0.2, 0) is 9.59 Å². The number of hydrogen-bond donors (Lipinski definition) is 1. The molecule has 1 N–H and O–H groups in total. The molecule has 2 heterocycles. The van der Waals surface area contributed by atoms with E-state index in [9.17, 15) is 14.7 Å². The number of amides is 1. The van der Waals surface area contributed by atoms with Gasteiger partial charge in [-0.25, -0.2) is 0 Å². The van der Waals surface area contributed by atoms with E-state index in [2.05, 4.69) is 0 Å². The molecule has 1 fully saturated rings. The highest BCUT2D eigenvalue weighted by molar-refractivity contribution is 6.46. The molecule has 35 heavy (non-hydrogen) atoms. The number of hydrogen-bond acceptors (Lipinski definition) is 7. The first-order valence-corrected chi connectivity index (χ1v) is 11.5. The molecule has 2 aliphatic rings. The molecule has 0 saturated carbocycles. The maximum atomic E-state index is 13.7. The third-order valence-electron chi connectivity index (χ3n) is 6.13. The molecule has 1 saturated heterocycles. The summed E-state index contributed by atoms with van der Waals surface area (Å²) in [5, 5.41) is 13.7. The maximum absolute atomic E-state index is 13.7. The molecule has 0 aliphatic carbocycles. The van der Waals surface area contributed by atoms with Crippen LogP contribution in [-0.4, -0.2) is 71.2 Å². The Balaban J connectivity index is 1.82. The van der Waals surface area contributed by atoms with Crippen LogP contribution in [0.2, 0.25) is 0 Å². The summed E-state index contributed by atoms with van der Waals surface area (Å²) in [5.41, 5.74) is 0.770. The van der Waals surface area contributed by atoms with Gasteiger partial charge in [-0.15, -0.1) is 0 Å². The summed E-state index contributed by atoms with van der Waals surface area (Å²) in [6, 6.07) is 9.11. The predicted octanol–water partition coefficient (Wildman–Crippen LogP) is 0.234. The molecule has 4 rings (SSSR count). The molecule has 2 aliphatic heterocycles. The molecule has 0 spiro atoms. The SMILES string of the molecule is COc1ccc(C2/C(=C(\[O-])c3ccc4c(c3)OCCO4)C(=O)C(=O)N2CCC[NH+](C)C)cc1OC. The van der Waals surface area contributed by atoms with E-state index in [1.807, 2.05) is 14.1 Å². The fraction of sp³-hybridized carbons (Fsp3) is 0.385. The van der Waals surface area contributed by atoms with Gasteiger partial charge < -0.3 is 33.9 Å². The Kier molecular flexibility index (Phi) is 7.16. The van der Waals surface area contributed by atoms with Crippen LogP contribution in [0.3, 0.4) is 0 Å². The lowest BCUT2D eigenvalue weighted by Gasteiger charge is -2.28. The van der Waals surface area contributed by atoms with Crippen molar-refractivity contribution < 1.29 is 38.5 Å². The largest absolute Gasteiger partial charge is 0.872 e. The monoisotopic (exact) mass is 482 g/mol. The minimum Gasteiger partial charge on any atom is -0.872 e. The van der Waals surface area contributed by atoms with Crippen molar-refractivity contribution in [2.45, 2.75) is 12.5 Å². The molecular weight excluding hydrogens is 452 g/mol. The van der Waals surface area contributed by atoms with Crippen LogP contribution in [0.4, 0.5) is 0 Å². The highest BCUT2D eigenvalue weighted by Gasteiger charge is 2.44. The zero-order chi connectivity index (χ0) is 25.1. The van der Waals surface area contributed by atoms with Crippen molar-refractivity contribution in [3.05, 3.63) is 53.1 Å². The number of carbonyl (C=O) groups is 2. The highest BCUT2D eigenvalue weighted by atomic mass is 16.6. The molecule has 2 aromatic rings. The van der Waals surface area contributed by atoms with Crippen LogP contribution in [0.15, 0.2) is 42.0 Å². The highest BCUT2D eigenvalue weighted by Crippen LogP contribution is 2.42. The molecule has 9 nitrogen and oxygen atoms in total. The molecule has 1 amide bonds. The van der Waals surface area contributed by atoms with Crippen molar-refractivity contribution in [2.24, 2.45) is 0 Å². The molecule has 186 valence electrons. The zero-order valence-corrected chi connectivity index (χ0v) is 20.4. The molecule has 1 atom stereocenters. The van der Waals surface area contributed by atoms with Gasteiger partial charge >= 0.3 is 0 Å². The number of nitrogens with one attached hydrogen (secondary N) is 1. The minimum absolute atomic E-state index is 0.0869. The van der Waals surface area contributed by atoms with Gasteiger partial charge in [-0.3, -0.25) is 9.59 Å². The Hall–Kier alpha value is -3.72. The summed E-state index contributed by atoms with van der Waals surface area (Å²) in [4.78, 5) is 29.0. The Bertz CT molecular complexity index is 1160. The summed E-state index contributed by atoms with van der Waals surface area (Å²) in [6.45, 7) is 1.94. The first kappa shape index (κ1) is 24.4. The van der Waals surface area contributed by atoms with Crippen LogP contribution in [0.5, 0.6) is 23.0 Å². The van der Waals surface area contributed by atoms with E-state index in [4.69, 9.17) is 18.9 Å². The Morgan fingerprint density at radius 2 is 1.74 bits per heavy atom. The normalized spacial score (nSPS) is 18.8. The summed E-state index contributed by atoms with van der Waals surface area (Å²) in [5.74, 6) is -0.0547. The van der Waals surface area contributed by atoms with E-state index in [0.717, 1.165) is 6.54 Å². The lowest BCUT2D eigenvalue weighted by Crippen LogP contribution is -3.05. The van der Waals surface area contributed by atoms with E-state index in [1.165, 1.54) is 24.0 Å². The number of rotatable bonds is 8. The van der Waals surface area contributed by atoms with Gasteiger partial charge in [0.05, 0.1) is 40.9 Å². The second kappa shape index (κ2) is 10.3. The quantitative estimate of drug-likeness (QED) is 0.327.